The molecule has 0 saturated carbocycles. The lowest BCUT2D eigenvalue weighted by Gasteiger charge is -2.05. The van der Waals surface area contributed by atoms with Crippen LogP contribution in [0.1, 0.15) is 5.69 Å². The number of aromatic nitrogens is 3. The Morgan fingerprint density at radius 2 is 1.84 bits per heavy atom. The van der Waals surface area contributed by atoms with Crippen molar-refractivity contribution in [1.29, 1.82) is 0 Å². The zero-order valence-electron chi connectivity index (χ0n) is 16.3. The van der Waals surface area contributed by atoms with Crippen molar-refractivity contribution in [2.45, 2.75) is 11.9 Å². The van der Waals surface area contributed by atoms with Crippen LogP contribution in [0.15, 0.2) is 65.7 Å². The molecule has 1 amide bonds. The van der Waals surface area contributed by atoms with Gasteiger partial charge in [-0.05, 0) is 31.2 Å². The molecule has 2 aromatic heterocycles. The minimum absolute atomic E-state index is 0.0603. The molecule has 5 nitrogen and oxygen atoms in total. The Kier molecular flexibility index (Phi) is 6.34. The number of nitrogens with zero attached hydrogens (tertiary/aromatic N) is 3. The summed E-state index contributed by atoms with van der Waals surface area (Å²) in [4.78, 5) is 17.6. The molecule has 0 spiro atoms. The third-order valence-corrected chi connectivity index (χ3v) is 6.39. The standard InChI is InChI=1S/C22H16F2N4OS2/c1-13-21(31-22(25-13)14-5-3-2-4-6-14)18-9-10-20(28-27-18)30-12-19(29)26-15-7-8-16(23)17(24)11-15/h2-11H,12H2,1H3,(H,26,29). The fourth-order valence-electron chi connectivity index (χ4n) is 2.77. The van der Waals surface area contributed by atoms with E-state index in [1.807, 2.05) is 43.3 Å². The molecule has 156 valence electrons. The number of anilines is 1. The topological polar surface area (TPSA) is 67.8 Å². The predicted molar refractivity (Wildman–Crippen MR) is 119 cm³/mol. The maximum absolute atomic E-state index is 13.2. The summed E-state index contributed by atoms with van der Waals surface area (Å²) in [5, 5.41) is 12.5. The number of carbonyl (C=O) groups excluding carboxylic acids is 1. The molecule has 0 aliphatic heterocycles. The predicted octanol–water partition coefficient (Wildman–Crippen LogP) is 5.58. The van der Waals surface area contributed by atoms with Gasteiger partial charge in [-0.2, -0.15) is 0 Å². The molecule has 0 aliphatic rings. The van der Waals surface area contributed by atoms with Gasteiger partial charge in [-0.15, -0.1) is 21.5 Å². The molecule has 31 heavy (non-hydrogen) atoms. The van der Waals surface area contributed by atoms with Crippen LogP contribution in [-0.2, 0) is 4.79 Å². The van der Waals surface area contributed by atoms with Crippen LogP contribution in [-0.4, -0.2) is 26.8 Å². The maximum Gasteiger partial charge on any atom is 0.234 e. The van der Waals surface area contributed by atoms with Gasteiger partial charge in [0.15, 0.2) is 11.6 Å². The molecular weight excluding hydrogens is 438 g/mol. The van der Waals surface area contributed by atoms with E-state index < -0.39 is 11.6 Å². The van der Waals surface area contributed by atoms with E-state index in [-0.39, 0.29) is 17.3 Å². The van der Waals surface area contributed by atoms with E-state index in [4.69, 9.17) is 0 Å². The Hall–Kier alpha value is -3.17. The van der Waals surface area contributed by atoms with Gasteiger partial charge >= 0.3 is 0 Å². The summed E-state index contributed by atoms with van der Waals surface area (Å²) in [6.45, 7) is 1.94. The molecule has 0 aliphatic carbocycles. The fourth-order valence-corrected chi connectivity index (χ4v) is 4.42. The lowest BCUT2D eigenvalue weighted by Crippen LogP contribution is -2.14. The molecule has 0 bridgehead atoms. The monoisotopic (exact) mass is 454 g/mol. The molecular formula is C22H16F2N4OS2. The molecule has 4 aromatic rings. The zero-order valence-corrected chi connectivity index (χ0v) is 17.9. The first-order valence-electron chi connectivity index (χ1n) is 9.24. The van der Waals surface area contributed by atoms with Gasteiger partial charge in [0.2, 0.25) is 5.91 Å². The number of thioether (sulfide) groups is 1. The van der Waals surface area contributed by atoms with Gasteiger partial charge in [0.05, 0.1) is 16.3 Å². The van der Waals surface area contributed by atoms with Crippen LogP contribution in [0.5, 0.6) is 0 Å². The highest BCUT2D eigenvalue weighted by Crippen LogP contribution is 2.34. The first-order chi connectivity index (χ1) is 15.0. The number of hydrogen-bond acceptors (Lipinski definition) is 6. The lowest BCUT2D eigenvalue weighted by molar-refractivity contribution is -0.113. The first kappa shape index (κ1) is 21.1. The number of thiazole rings is 1. The number of benzene rings is 2. The summed E-state index contributed by atoms with van der Waals surface area (Å²) in [6, 6.07) is 16.8. The van der Waals surface area contributed by atoms with Crippen molar-refractivity contribution in [2.75, 3.05) is 11.1 Å². The normalized spacial score (nSPS) is 10.8. The highest BCUT2D eigenvalue weighted by molar-refractivity contribution is 7.99. The van der Waals surface area contributed by atoms with E-state index in [2.05, 4.69) is 20.5 Å². The molecule has 2 aromatic carbocycles. The van der Waals surface area contributed by atoms with Gasteiger partial charge in [0, 0.05) is 17.3 Å². The summed E-state index contributed by atoms with van der Waals surface area (Å²) in [5.41, 5.74) is 2.84. The van der Waals surface area contributed by atoms with E-state index in [9.17, 15) is 13.6 Å². The van der Waals surface area contributed by atoms with Gasteiger partial charge in [-0.1, -0.05) is 42.1 Å². The Morgan fingerprint density at radius 3 is 2.55 bits per heavy atom. The van der Waals surface area contributed by atoms with Crippen molar-refractivity contribution in [1.82, 2.24) is 15.2 Å². The third-order valence-electron chi connectivity index (χ3n) is 4.24. The van der Waals surface area contributed by atoms with Crippen LogP contribution < -0.4 is 5.32 Å². The molecule has 9 heteroatoms. The zero-order chi connectivity index (χ0) is 21.8. The minimum atomic E-state index is -1.01. The number of rotatable bonds is 6. The van der Waals surface area contributed by atoms with Crippen molar-refractivity contribution in [3.05, 3.63) is 78.0 Å². The Morgan fingerprint density at radius 1 is 1.03 bits per heavy atom. The van der Waals surface area contributed by atoms with E-state index >= 15 is 0 Å². The van der Waals surface area contributed by atoms with Crippen LogP contribution in [0.2, 0.25) is 0 Å². The van der Waals surface area contributed by atoms with Crippen molar-refractivity contribution >= 4 is 34.7 Å². The smallest absolute Gasteiger partial charge is 0.234 e. The molecule has 0 unspecified atom stereocenters. The summed E-state index contributed by atoms with van der Waals surface area (Å²) in [6.07, 6.45) is 0. The van der Waals surface area contributed by atoms with Crippen LogP contribution in [0, 0.1) is 18.6 Å². The SMILES string of the molecule is Cc1nc(-c2ccccc2)sc1-c1ccc(SCC(=O)Nc2ccc(F)c(F)c2)nn1. The van der Waals surface area contributed by atoms with Gasteiger partial charge in [0.25, 0.3) is 0 Å². The average Bonchev–Trinajstić information content (AvgIpc) is 3.17. The van der Waals surface area contributed by atoms with Gasteiger partial charge < -0.3 is 5.32 Å². The van der Waals surface area contributed by atoms with E-state index in [0.29, 0.717) is 10.7 Å². The molecule has 0 saturated heterocycles. The number of halogens is 2. The first-order valence-corrected chi connectivity index (χ1v) is 11.0. The second-order valence-electron chi connectivity index (χ2n) is 6.52. The molecule has 1 N–H and O–H groups in total. The summed E-state index contributed by atoms with van der Waals surface area (Å²) in [5.74, 6) is -2.27. The fraction of sp³-hybridized carbons (Fsp3) is 0.0909. The van der Waals surface area contributed by atoms with Crippen molar-refractivity contribution < 1.29 is 13.6 Å². The average molecular weight is 455 g/mol. The molecule has 0 fully saturated rings. The number of aryl methyl sites for hydroxylation is 1. The van der Waals surface area contributed by atoms with E-state index in [0.717, 1.165) is 33.3 Å². The third kappa shape index (κ3) is 5.12. The van der Waals surface area contributed by atoms with Crippen LogP contribution in [0.3, 0.4) is 0 Å². The number of carbonyl (C=O) groups is 1. The van der Waals surface area contributed by atoms with Gasteiger partial charge in [0.1, 0.15) is 15.7 Å². The summed E-state index contributed by atoms with van der Waals surface area (Å²) in [7, 11) is 0. The van der Waals surface area contributed by atoms with Gasteiger partial charge in [-0.25, -0.2) is 13.8 Å². The molecule has 0 atom stereocenters. The molecule has 0 radical (unpaired) electrons. The Balaban J connectivity index is 1.39. The Labute approximate surface area is 185 Å². The van der Waals surface area contributed by atoms with Crippen molar-refractivity contribution in [3.63, 3.8) is 0 Å². The molecule has 4 rings (SSSR count). The van der Waals surface area contributed by atoms with Gasteiger partial charge in [-0.3, -0.25) is 4.79 Å². The quantitative estimate of drug-likeness (QED) is 0.385. The number of nitrogens with one attached hydrogen (secondary N) is 1. The minimum Gasteiger partial charge on any atom is -0.325 e. The molecule has 2 heterocycles. The van der Waals surface area contributed by atoms with E-state index in [1.54, 1.807) is 17.4 Å². The highest BCUT2D eigenvalue weighted by Gasteiger charge is 2.13. The number of hydrogen-bond donors (Lipinski definition) is 1. The van der Waals surface area contributed by atoms with Crippen LogP contribution in [0.25, 0.3) is 21.1 Å². The van der Waals surface area contributed by atoms with Crippen molar-refractivity contribution in [3.8, 4) is 21.1 Å². The second kappa shape index (κ2) is 9.32. The summed E-state index contributed by atoms with van der Waals surface area (Å²) < 4.78 is 26.2. The Bertz CT molecular complexity index is 1210. The highest BCUT2D eigenvalue weighted by atomic mass is 32.2. The van der Waals surface area contributed by atoms with E-state index in [1.165, 1.54) is 17.8 Å². The van der Waals surface area contributed by atoms with Crippen molar-refractivity contribution in [2.24, 2.45) is 0 Å². The maximum atomic E-state index is 13.2. The summed E-state index contributed by atoms with van der Waals surface area (Å²) >= 11 is 2.75. The largest absolute Gasteiger partial charge is 0.325 e. The lowest BCUT2D eigenvalue weighted by atomic mass is 10.2. The van der Waals surface area contributed by atoms with Crippen LogP contribution in [0.4, 0.5) is 14.5 Å². The second-order valence-corrected chi connectivity index (χ2v) is 8.52. The van der Waals surface area contributed by atoms with Crippen LogP contribution >= 0.6 is 23.1 Å². The number of amides is 1.